The second kappa shape index (κ2) is 10.9. The van der Waals surface area contributed by atoms with Gasteiger partial charge in [-0.3, -0.25) is 19.3 Å². The number of H-pyrrole nitrogens is 1. The van der Waals surface area contributed by atoms with Crippen LogP contribution in [-0.2, 0) is 4.79 Å². The average molecular weight is 545 g/mol. The number of fused-ring (bicyclic) bond motifs is 1. The van der Waals surface area contributed by atoms with E-state index in [2.05, 4.69) is 14.7 Å². The molecule has 6 N–H and O–H groups in total. The molecule has 0 radical (unpaired) electrons. The number of nitrogens with zero attached hydrogens (tertiary/aromatic N) is 2. The van der Waals surface area contributed by atoms with Crippen LogP contribution in [0.4, 0.5) is 11.4 Å². The van der Waals surface area contributed by atoms with Gasteiger partial charge in [0.15, 0.2) is 5.69 Å². The molecule has 2 aromatic carbocycles. The molecule has 3 amide bonds. The Kier molecular flexibility index (Phi) is 7.38. The fraction of sp³-hybridized carbons (Fsp3) is 0.310. The van der Waals surface area contributed by atoms with Crippen LogP contribution in [0.2, 0.25) is 0 Å². The van der Waals surface area contributed by atoms with Crippen molar-refractivity contribution in [3.05, 3.63) is 75.9 Å². The normalized spacial score (nSPS) is 14.7. The molecule has 1 fully saturated rings. The predicted octanol–water partition coefficient (Wildman–Crippen LogP) is 4.76. The highest BCUT2D eigenvalue weighted by Gasteiger charge is 2.38. The summed E-state index contributed by atoms with van der Waals surface area (Å²) in [6.45, 7) is 3.83. The summed E-state index contributed by atoms with van der Waals surface area (Å²) in [4.78, 5) is 45.4. The van der Waals surface area contributed by atoms with Crippen LogP contribution >= 0.6 is 11.5 Å². The van der Waals surface area contributed by atoms with Gasteiger partial charge < -0.3 is 21.8 Å². The van der Waals surface area contributed by atoms with Crippen molar-refractivity contribution in [2.24, 2.45) is 5.73 Å². The minimum Gasteiger partial charge on any atom is -0.395 e. The van der Waals surface area contributed by atoms with Crippen LogP contribution in [0.1, 0.15) is 75.0 Å². The third kappa shape index (κ3) is 5.12. The number of rotatable bonds is 7. The number of nitrogens with one attached hydrogen (secondary N) is 2. The Morgan fingerprint density at radius 1 is 1.10 bits per heavy atom. The van der Waals surface area contributed by atoms with Gasteiger partial charge in [0.05, 0.1) is 5.69 Å². The molecule has 2 aromatic heterocycles. The molecule has 0 unspecified atom stereocenters. The second-order valence-corrected chi connectivity index (χ2v) is 10.9. The number of amides is 3. The number of hydrogen-bond donors (Lipinski definition) is 4. The molecule has 0 spiro atoms. The fourth-order valence-electron chi connectivity index (χ4n) is 5.33. The number of para-hydroxylation sites is 1. The molecule has 1 aliphatic rings. The standard InChI is InChI=1S/C29H32N6O3S/c1-16-12-13-17(2)22(14-16)35(29(38)26-23(30)24(27(31)36)34-39-26)25(28(37)33-18-8-4-3-5-9-18)20-15-32-21-11-7-6-10-19(20)21/h6-7,10-15,18,25,32H,3-5,8-9,30H2,1-2H3,(H2,31,36)(H,33,37)/t25-/m1/s1. The van der Waals surface area contributed by atoms with E-state index in [4.69, 9.17) is 11.5 Å². The number of nitrogen functional groups attached to an aromatic ring is 1. The molecule has 1 aliphatic carbocycles. The Hall–Kier alpha value is -4.18. The second-order valence-electron chi connectivity index (χ2n) is 10.1. The molecule has 5 rings (SSSR count). The van der Waals surface area contributed by atoms with Gasteiger partial charge in [0.1, 0.15) is 10.9 Å². The lowest BCUT2D eigenvalue weighted by molar-refractivity contribution is -0.123. The lowest BCUT2D eigenvalue weighted by Gasteiger charge is -2.34. The number of benzene rings is 2. The zero-order valence-electron chi connectivity index (χ0n) is 22.0. The number of carbonyl (C=O) groups excluding carboxylic acids is 3. The average Bonchev–Trinajstić information content (AvgIpc) is 3.52. The SMILES string of the molecule is Cc1ccc(C)c(N(C(=O)c2snc(C(N)=O)c2N)[C@@H](C(=O)NC2CCCCC2)c2c[nH]c3ccccc23)c1. The van der Waals surface area contributed by atoms with Gasteiger partial charge in [-0.1, -0.05) is 49.6 Å². The van der Waals surface area contributed by atoms with E-state index in [9.17, 15) is 14.4 Å². The fourth-order valence-corrected chi connectivity index (χ4v) is 6.07. The summed E-state index contributed by atoms with van der Waals surface area (Å²) in [6.07, 6.45) is 6.83. The number of primary amides is 1. The van der Waals surface area contributed by atoms with Crippen molar-refractivity contribution >= 4 is 51.5 Å². The minimum absolute atomic E-state index is 0.0319. The van der Waals surface area contributed by atoms with Gasteiger partial charge in [0, 0.05) is 34.4 Å². The molecule has 202 valence electrons. The van der Waals surface area contributed by atoms with E-state index in [-0.39, 0.29) is 28.2 Å². The zero-order chi connectivity index (χ0) is 27.7. The summed E-state index contributed by atoms with van der Waals surface area (Å²) >= 11 is 0.805. The highest BCUT2D eigenvalue weighted by molar-refractivity contribution is 7.09. The first-order valence-corrected chi connectivity index (χ1v) is 13.9. The van der Waals surface area contributed by atoms with E-state index in [1.54, 1.807) is 6.20 Å². The molecule has 39 heavy (non-hydrogen) atoms. The van der Waals surface area contributed by atoms with Gasteiger partial charge in [-0.15, -0.1) is 0 Å². The molecule has 9 nitrogen and oxygen atoms in total. The molecule has 0 aliphatic heterocycles. The highest BCUT2D eigenvalue weighted by Crippen LogP contribution is 2.38. The van der Waals surface area contributed by atoms with Gasteiger partial charge in [-0.05, 0) is 61.5 Å². The number of carbonyl (C=O) groups is 3. The monoisotopic (exact) mass is 544 g/mol. The van der Waals surface area contributed by atoms with Gasteiger partial charge in [0.2, 0.25) is 5.91 Å². The van der Waals surface area contributed by atoms with Crippen LogP contribution in [0, 0.1) is 13.8 Å². The number of aromatic nitrogens is 2. The summed E-state index contributed by atoms with van der Waals surface area (Å²) in [5.41, 5.74) is 15.2. The number of anilines is 2. The van der Waals surface area contributed by atoms with Crippen molar-refractivity contribution in [2.75, 3.05) is 10.6 Å². The molecule has 1 atom stereocenters. The quantitative estimate of drug-likeness (QED) is 0.265. The maximum Gasteiger partial charge on any atom is 0.273 e. The topological polar surface area (TPSA) is 147 Å². The van der Waals surface area contributed by atoms with Crippen molar-refractivity contribution in [2.45, 2.75) is 58.0 Å². The number of aromatic amines is 1. The van der Waals surface area contributed by atoms with Crippen LogP contribution in [0.3, 0.4) is 0 Å². The maximum atomic E-state index is 14.4. The number of nitrogens with two attached hydrogens (primary N) is 2. The molecule has 4 aromatic rings. The maximum absolute atomic E-state index is 14.4. The Balaban J connectivity index is 1.71. The Morgan fingerprint density at radius 2 is 1.85 bits per heavy atom. The van der Waals surface area contributed by atoms with Crippen LogP contribution in [0.25, 0.3) is 10.9 Å². The Morgan fingerprint density at radius 3 is 2.56 bits per heavy atom. The summed E-state index contributed by atoms with van der Waals surface area (Å²) in [5, 5.41) is 4.07. The molecule has 1 saturated carbocycles. The zero-order valence-corrected chi connectivity index (χ0v) is 22.8. The van der Waals surface area contributed by atoms with Gasteiger partial charge in [-0.25, -0.2) is 0 Å². The minimum atomic E-state index is -1.02. The first-order valence-electron chi connectivity index (χ1n) is 13.1. The van der Waals surface area contributed by atoms with Gasteiger partial charge in [0.25, 0.3) is 11.8 Å². The van der Waals surface area contributed by atoms with Crippen LogP contribution < -0.4 is 21.7 Å². The molecule has 2 heterocycles. The molecular weight excluding hydrogens is 512 g/mol. The predicted molar refractivity (Wildman–Crippen MR) is 154 cm³/mol. The summed E-state index contributed by atoms with van der Waals surface area (Å²) in [6, 6.07) is 12.4. The number of aryl methyl sites for hydroxylation is 2. The van der Waals surface area contributed by atoms with Gasteiger partial charge >= 0.3 is 0 Å². The van der Waals surface area contributed by atoms with E-state index in [0.717, 1.165) is 65.7 Å². The van der Waals surface area contributed by atoms with E-state index in [0.29, 0.717) is 11.3 Å². The molecule has 0 bridgehead atoms. The van der Waals surface area contributed by atoms with Crippen LogP contribution in [-0.4, -0.2) is 33.1 Å². The molecule has 10 heteroatoms. The van der Waals surface area contributed by atoms with Crippen molar-refractivity contribution in [3.63, 3.8) is 0 Å². The van der Waals surface area contributed by atoms with Gasteiger partial charge in [-0.2, -0.15) is 4.37 Å². The highest BCUT2D eigenvalue weighted by atomic mass is 32.1. The van der Waals surface area contributed by atoms with Crippen LogP contribution in [0.15, 0.2) is 48.7 Å². The number of hydrogen-bond acceptors (Lipinski definition) is 6. The van der Waals surface area contributed by atoms with E-state index in [1.165, 1.54) is 4.90 Å². The van der Waals surface area contributed by atoms with E-state index >= 15 is 0 Å². The lowest BCUT2D eigenvalue weighted by Crippen LogP contribution is -2.47. The molecule has 0 saturated heterocycles. The summed E-state index contributed by atoms with van der Waals surface area (Å²) in [5.74, 6) is -1.62. The van der Waals surface area contributed by atoms with Crippen molar-refractivity contribution in [3.8, 4) is 0 Å². The molecular formula is C29H32N6O3S. The summed E-state index contributed by atoms with van der Waals surface area (Å²) < 4.78 is 4.05. The van der Waals surface area contributed by atoms with Crippen molar-refractivity contribution in [1.82, 2.24) is 14.7 Å². The first kappa shape index (κ1) is 26.4. The smallest absolute Gasteiger partial charge is 0.273 e. The Labute approximate surface area is 230 Å². The summed E-state index contributed by atoms with van der Waals surface area (Å²) in [7, 11) is 0. The van der Waals surface area contributed by atoms with Crippen LogP contribution in [0.5, 0.6) is 0 Å². The third-order valence-corrected chi connectivity index (χ3v) is 8.22. The first-order chi connectivity index (χ1) is 18.8. The third-order valence-electron chi connectivity index (χ3n) is 7.37. The van der Waals surface area contributed by atoms with E-state index in [1.807, 2.05) is 56.3 Å². The van der Waals surface area contributed by atoms with Crippen molar-refractivity contribution < 1.29 is 14.4 Å². The van der Waals surface area contributed by atoms with E-state index < -0.39 is 17.9 Å². The lowest BCUT2D eigenvalue weighted by atomic mass is 9.94. The van der Waals surface area contributed by atoms with Crippen molar-refractivity contribution in [1.29, 1.82) is 0 Å². The Bertz CT molecular complexity index is 1550. The largest absolute Gasteiger partial charge is 0.395 e.